The average molecular weight is 249 g/mol. The number of rotatable bonds is 3. The third-order valence-corrected chi connectivity index (χ3v) is 3.99. The maximum Gasteiger partial charge on any atom is 0.163 e. The summed E-state index contributed by atoms with van der Waals surface area (Å²) in [7, 11) is 3.86. The molecule has 0 saturated heterocycles. The Kier molecular flexibility index (Phi) is 2.39. The maximum atomic E-state index is 4.66. The van der Waals surface area contributed by atoms with Gasteiger partial charge in [-0.25, -0.2) is 9.67 Å². The number of aryl methyl sites for hydroxylation is 2. The van der Waals surface area contributed by atoms with Gasteiger partial charge in [0.15, 0.2) is 11.6 Å². The van der Waals surface area contributed by atoms with Crippen LogP contribution in [-0.4, -0.2) is 26.2 Å². The van der Waals surface area contributed by atoms with E-state index in [9.17, 15) is 0 Å². The average Bonchev–Trinajstić information content (AvgIpc) is 3.00. The van der Waals surface area contributed by atoms with E-state index in [1.807, 2.05) is 25.7 Å². The molecule has 0 radical (unpaired) electrons. The van der Waals surface area contributed by atoms with E-state index in [0.717, 1.165) is 27.9 Å². The molecule has 0 unspecified atom stereocenters. The van der Waals surface area contributed by atoms with Crippen molar-refractivity contribution in [2.24, 2.45) is 7.05 Å². The molecular weight excluding hydrogens is 234 g/mol. The summed E-state index contributed by atoms with van der Waals surface area (Å²) in [6.07, 6.45) is 2.45. The molecule has 0 aliphatic heterocycles. The lowest BCUT2D eigenvalue weighted by atomic mass is 10.2. The summed E-state index contributed by atoms with van der Waals surface area (Å²) in [4.78, 5) is 4.66. The highest BCUT2D eigenvalue weighted by Crippen LogP contribution is 2.40. The molecule has 1 aliphatic rings. The molecule has 1 N–H and O–H groups in total. The first-order chi connectivity index (χ1) is 8.20. The Morgan fingerprint density at radius 1 is 1.41 bits per heavy atom. The lowest BCUT2D eigenvalue weighted by Crippen LogP contribution is -1.97. The predicted molar refractivity (Wildman–Crippen MR) is 68.4 cm³/mol. The molecule has 0 amide bonds. The van der Waals surface area contributed by atoms with Crippen LogP contribution >= 0.6 is 11.5 Å². The van der Waals surface area contributed by atoms with Crippen LogP contribution in [-0.2, 0) is 7.05 Å². The second kappa shape index (κ2) is 3.80. The molecule has 2 heterocycles. The summed E-state index contributed by atoms with van der Waals surface area (Å²) < 4.78 is 6.24. The van der Waals surface area contributed by atoms with Crippen molar-refractivity contribution >= 4 is 16.5 Å². The quantitative estimate of drug-likeness (QED) is 0.905. The van der Waals surface area contributed by atoms with Crippen molar-refractivity contribution in [1.82, 2.24) is 19.1 Å². The van der Waals surface area contributed by atoms with Gasteiger partial charge in [-0.05, 0) is 31.3 Å². The normalized spacial score (nSPS) is 15.2. The van der Waals surface area contributed by atoms with E-state index in [-0.39, 0.29) is 0 Å². The van der Waals surface area contributed by atoms with Crippen molar-refractivity contribution in [3.8, 4) is 11.4 Å². The van der Waals surface area contributed by atoms with Crippen molar-refractivity contribution in [2.75, 3.05) is 12.4 Å². The zero-order chi connectivity index (χ0) is 12.0. The minimum Gasteiger partial charge on any atom is -0.378 e. The van der Waals surface area contributed by atoms with Crippen molar-refractivity contribution in [3.05, 3.63) is 11.5 Å². The lowest BCUT2D eigenvalue weighted by Gasteiger charge is -2.01. The van der Waals surface area contributed by atoms with Crippen molar-refractivity contribution in [2.45, 2.75) is 25.7 Å². The molecule has 0 aromatic carbocycles. The zero-order valence-corrected chi connectivity index (χ0v) is 11.0. The van der Waals surface area contributed by atoms with Crippen LogP contribution < -0.4 is 5.32 Å². The van der Waals surface area contributed by atoms with Crippen molar-refractivity contribution in [3.63, 3.8) is 0 Å². The Morgan fingerprint density at radius 3 is 2.82 bits per heavy atom. The van der Waals surface area contributed by atoms with Crippen LogP contribution in [0.25, 0.3) is 11.4 Å². The Balaban J connectivity index is 2.10. The summed E-state index contributed by atoms with van der Waals surface area (Å²) in [6, 6.07) is 0. The van der Waals surface area contributed by atoms with Crippen LogP contribution in [0.2, 0.25) is 0 Å². The topological polar surface area (TPSA) is 55.6 Å². The fraction of sp³-hybridized carbons (Fsp3) is 0.545. The van der Waals surface area contributed by atoms with E-state index in [1.54, 1.807) is 0 Å². The number of aromatic nitrogens is 4. The molecule has 1 fully saturated rings. The Hall–Kier alpha value is -1.43. The Bertz CT molecular complexity index is 552. The summed E-state index contributed by atoms with van der Waals surface area (Å²) in [5.41, 5.74) is 2.09. The molecule has 5 nitrogen and oxygen atoms in total. The highest BCUT2D eigenvalue weighted by molar-refractivity contribution is 7.10. The molecule has 0 atom stereocenters. The summed E-state index contributed by atoms with van der Waals surface area (Å²) in [5, 5.41) is 8.73. The number of hydrogen-bond acceptors (Lipinski definition) is 5. The largest absolute Gasteiger partial charge is 0.378 e. The van der Waals surface area contributed by atoms with Gasteiger partial charge in [0, 0.05) is 20.0 Å². The number of hydrogen-bond donors (Lipinski definition) is 1. The van der Waals surface area contributed by atoms with Crippen molar-refractivity contribution in [1.29, 1.82) is 0 Å². The number of anilines is 1. The maximum absolute atomic E-state index is 4.66. The third kappa shape index (κ3) is 1.72. The van der Waals surface area contributed by atoms with Gasteiger partial charge in [0.05, 0.1) is 11.3 Å². The summed E-state index contributed by atoms with van der Waals surface area (Å²) in [6.45, 7) is 2.01. The van der Waals surface area contributed by atoms with Gasteiger partial charge in [-0.1, -0.05) is 0 Å². The second-order valence-corrected chi connectivity index (χ2v) is 5.19. The molecule has 0 spiro atoms. The SMILES string of the molecule is CNc1snc(C)c1-c1nc(C2CC2)nn1C. The molecule has 1 saturated carbocycles. The van der Waals surface area contributed by atoms with E-state index in [4.69, 9.17) is 0 Å². The van der Waals surface area contributed by atoms with Crippen LogP contribution in [0, 0.1) is 6.92 Å². The smallest absolute Gasteiger partial charge is 0.163 e. The molecule has 3 rings (SSSR count). The standard InChI is InChI=1S/C11H15N5S/c1-6-8(11(12-2)17-15-6)10-13-9(7-4-5-7)14-16(10)3/h7,12H,4-5H2,1-3H3. The van der Waals surface area contributed by atoms with Crippen molar-refractivity contribution < 1.29 is 0 Å². The fourth-order valence-electron chi connectivity index (χ4n) is 1.94. The molecule has 1 aliphatic carbocycles. The van der Waals surface area contributed by atoms with E-state index < -0.39 is 0 Å². The van der Waals surface area contributed by atoms with Gasteiger partial charge >= 0.3 is 0 Å². The Labute approximate surface area is 104 Å². The molecule has 2 aromatic heterocycles. The first-order valence-corrected chi connectivity index (χ1v) is 6.53. The van der Waals surface area contributed by atoms with Crippen LogP contribution in [0.3, 0.4) is 0 Å². The first kappa shape index (κ1) is 10.7. The van der Waals surface area contributed by atoms with Crippen LogP contribution in [0.15, 0.2) is 0 Å². The predicted octanol–water partition coefficient (Wildman–Crippen LogP) is 2.17. The number of nitrogens with zero attached hydrogens (tertiary/aromatic N) is 4. The van der Waals surface area contributed by atoms with Gasteiger partial charge in [0.25, 0.3) is 0 Å². The monoisotopic (exact) mass is 249 g/mol. The zero-order valence-electron chi connectivity index (χ0n) is 10.2. The van der Waals surface area contributed by atoms with Gasteiger partial charge in [-0.15, -0.1) is 0 Å². The van der Waals surface area contributed by atoms with Gasteiger partial charge in [0.2, 0.25) is 0 Å². The highest BCUT2D eigenvalue weighted by Gasteiger charge is 2.29. The Morgan fingerprint density at radius 2 is 2.18 bits per heavy atom. The summed E-state index contributed by atoms with van der Waals surface area (Å²) in [5.74, 6) is 2.48. The van der Waals surface area contributed by atoms with E-state index in [0.29, 0.717) is 5.92 Å². The fourth-order valence-corrected chi connectivity index (χ4v) is 2.68. The van der Waals surface area contributed by atoms with Gasteiger partial charge < -0.3 is 5.32 Å². The van der Waals surface area contributed by atoms with Crippen LogP contribution in [0.1, 0.15) is 30.3 Å². The van der Waals surface area contributed by atoms with Gasteiger partial charge in [0.1, 0.15) is 5.00 Å². The summed E-state index contributed by atoms with van der Waals surface area (Å²) >= 11 is 1.47. The molecule has 0 bridgehead atoms. The number of nitrogens with one attached hydrogen (secondary N) is 1. The van der Waals surface area contributed by atoms with Gasteiger partial charge in [-0.3, -0.25) is 0 Å². The van der Waals surface area contributed by atoms with Crippen LogP contribution in [0.4, 0.5) is 5.00 Å². The van der Waals surface area contributed by atoms with Crippen LogP contribution in [0.5, 0.6) is 0 Å². The molecular formula is C11H15N5S. The third-order valence-electron chi connectivity index (χ3n) is 3.04. The molecule has 6 heteroatoms. The first-order valence-electron chi connectivity index (χ1n) is 5.76. The second-order valence-electron chi connectivity index (χ2n) is 4.41. The molecule has 90 valence electrons. The minimum atomic E-state index is 0.583. The molecule has 17 heavy (non-hydrogen) atoms. The lowest BCUT2D eigenvalue weighted by molar-refractivity contribution is 0.750. The minimum absolute atomic E-state index is 0.583. The van der Waals surface area contributed by atoms with Gasteiger partial charge in [-0.2, -0.15) is 9.47 Å². The van der Waals surface area contributed by atoms with E-state index in [2.05, 4.69) is 19.8 Å². The van der Waals surface area contributed by atoms with E-state index >= 15 is 0 Å². The molecule has 2 aromatic rings. The highest BCUT2D eigenvalue weighted by atomic mass is 32.1. The van der Waals surface area contributed by atoms with E-state index in [1.165, 1.54) is 24.4 Å².